The first-order chi connectivity index (χ1) is 5.72. The minimum atomic E-state index is -0.981. The molecule has 0 spiro atoms. The van der Waals surface area contributed by atoms with Crippen LogP contribution in [0.5, 0.6) is 0 Å². The first-order valence-electron chi connectivity index (χ1n) is 4.25. The van der Waals surface area contributed by atoms with E-state index in [1.165, 1.54) is 25.7 Å². The molecular weight excluding hydrogens is 152 g/mol. The summed E-state index contributed by atoms with van der Waals surface area (Å²) in [6, 6.07) is 0. The van der Waals surface area contributed by atoms with Crippen molar-refractivity contribution >= 4 is 5.97 Å². The zero-order valence-electron chi connectivity index (χ0n) is 7.12. The Kier molecular flexibility index (Phi) is 3.09. The van der Waals surface area contributed by atoms with E-state index in [9.17, 15) is 4.79 Å². The van der Waals surface area contributed by atoms with Crippen LogP contribution in [0.4, 0.5) is 0 Å². The molecule has 0 aromatic carbocycles. The molecule has 2 aliphatic carbocycles. The molecule has 1 N–H and O–H groups in total. The summed E-state index contributed by atoms with van der Waals surface area (Å²) < 4.78 is 0. The minimum absolute atomic E-state index is 0.833. The van der Waals surface area contributed by atoms with Crippen LogP contribution in [-0.2, 0) is 4.79 Å². The second kappa shape index (κ2) is 4.10. The number of carboxylic acid groups (broad SMARTS) is 1. The fraction of sp³-hybridized carbons (Fsp3) is 0.500. The zero-order chi connectivity index (χ0) is 8.97. The molecule has 2 rings (SSSR count). The predicted molar refractivity (Wildman–Crippen MR) is 47.9 cm³/mol. The van der Waals surface area contributed by atoms with Crippen molar-refractivity contribution in [3.05, 3.63) is 24.3 Å². The van der Waals surface area contributed by atoms with Gasteiger partial charge in [0.15, 0.2) is 0 Å². The van der Waals surface area contributed by atoms with Crippen LogP contribution in [0.3, 0.4) is 0 Å². The first-order valence-corrected chi connectivity index (χ1v) is 4.25. The van der Waals surface area contributed by atoms with Crippen molar-refractivity contribution in [3.8, 4) is 0 Å². The van der Waals surface area contributed by atoms with Gasteiger partial charge in [-0.3, -0.25) is 0 Å². The van der Waals surface area contributed by atoms with Gasteiger partial charge < -0.3 is 5.11 Å². The summed E-state index contributed by atoms with van der Waals surface area (Å²) >= 11 is 0. The van der Waals surface area contributed by atoms with E-state index in [0.29, 0.717) is 0 Å². The number of carbonyl (C=O) groups is 1. The SMILES string of the molecule is C1=C2CCC(C1)C2.C=CC(=O)O. The Labute approximate surface area is 72.6 Å². The Morgan fingerprint density at radius 1 is 1.75 bits per heavy atom. The Morgan fingerprint density at radius 3 is 2.50 bits per heavy atom. The van der Waals surface area contributed by atoms with Crippen molar-refractivity contribution in [2.45, 2.75) is 25.7 Å². The van der Waals surface area contributed by atoms with Gasteiger partial charge in [-0.2, -0.15) is 0 Å². The van der Waals surface area contributed by atoms with Gasteiger partial charge in [0.25, 0.3) is 0 Å². The molecule has 2 heteroatoms. The second-order valence-electron chi connectivity index (χ2n) is 3.25. The largest absolute Gasteiger partial charge is 0.478 e. The highest BCUT2D eigenvalue weighted by Gasteiger charge is 2.22. The number of fused-ring (bicyclic) bond motifs is 2. The summed E-state index contributed by atoms with van der Waals surface area (Å²) in [6.07, 6.45) is 9.01. The molecule has 2 bridgehead atoms. The van der Waals surface area contributed by atoms with E-state index in [0.717, 1.165) is 12.0 Å². The standard InChI is InChI=1S/C7H10.C3H4O2/c1-2-7-4-3-6(1)5-7;1-2-3(4)5/h1,7H,2-5H2;2H,1H2,(H,4,5). The topological polar surface area (TPSA) is 37.3 Å². The Hall–Kier alpha value is -1.05. The molecule has 0 heterocycles. The van der Waals surface area contributed by atoms with Gasteiger partial charge in [-0.05, 0) is 31.6 Å². The Bertz CT molecular complexity index is 216. The van der Waals surface area contributed by atoms with Crippen LogP contribution in [0.15, 0.2) is 24.3 Å². The predicted octanol–water partition coefficient (Wildman–Crippen LogP) is 2.37. The third-order valence-corrected chi connectivity index (χ3v) is 2.34. The van der Waals surface area contributed by atoms with Crippen LogP contribution < -0.4 is 0 Å². The molecule has 0 aromatic heterocycles. The summed E-state index contributed by atoms with van der Waals surface area (Å²) in [5, 5.41) is 7.60. The van der Waals surface area contributed by atoms with Gasteiger partial charge in [-0.15, -0.1) is 0 Å². The Morgan fingerprint density at radius 2 is 2.42 bits per heavy atom. The van der Waals surface area contributed by atoms with Crippen LogP contribution in [0.1, 0.15) is 25.7 Å². The molecule has 0 aliphatic heterocycles. The van der Waals surface area contributed by atoms with E-state index >= 15 is 0 Å². The summed E-state index contributed by atoms with van der Waals surface area (Å²) in [5.41, 5.74) is 1.74. The molecule has 1 atom stereocenters. The number of hydrogen-bond donors (Lipinski definition) is 1. The van der Waals surface area contributed by atoms with Crippen LogP contribution in [-0.4, -0.2) is 11.1 Å². The van der Waals surface area contributed by atoms with Crippen LogP contribution in [0, 0.1) is 5.92 Å². The maximum absolute atomic E-state index is 9.25. The quantitative estimate of drug-likeness (QED) is 0.479. The smallest absolute Gasteiger partial charge is 0.327 e. The lowest BCUT2D eigenvalue weighted by atomic mass is 10.1. The molecular formula is C10H14O2. The van der Waals surface area contributed by atoms with Crippen molar-refractivity contribution < 1.29 is 9.90 Å². The van der Waals surface area contributed by atoms with Gasteiger partial charge >= 0.3 is 5.97 Å². The first kappa shape index (κ1) is 9.04. The van der Waals surface area contributed by atoms with E-state index in [4.69, 9.17) is 5.11 Å². The van der Waals surface area contributed by atoms with Gasteiger partial charge in [0.1, 0.15) is 0 Å². The molecule has 0 radical (unpaired) electrons. The fourth-order valence-corrected chi connectivity index (χ4v) is 1.68. The monoisotopic (exact) mass is 166 g/mol. The lowest BCUT2D eigenvalue weighted by Gasteiger charge is -1.98. The molecule has 1 unspecified atom stereocenters. The van der Waals surface area contributed by atoms with Gasteiger partial charge in [0.2, 0.25) is 0 Å². The highest BCUT2D eigenvalue weighted by atomic mass is 16.4. The van der Waals surface area contributed by atoms with Crippen molar-refractivity contribution in [1.29, 1.82) is 0 Å². The summed E-state index contributed by atoms with van der Waals surface area (Å²) in [7, 11) is 0. The lowest BCUT2D eigenvalue weighted by Crippen LogP contribution is -1.85. The number of aliphatic carboxylic acids is 1. The molecule has 1 fully saturated rings. The van der Waals surface area contributed by atoms with Crippen LogP contribution in [0.2, 0.25) is 0 Å². The molecule has 2 nitrogen and oxygen atoms in total. The van der Waals surface area contributed by atoms with Gasteiger partial charge in [-0.1, -0.05) is 18.2 Å². The van der Waals surface area contributed by atoms with E-state index in [1.54, 1.807) is 5.57 Å². The normalized spacial score (nSPS) is 24.0. The summed E-state index contributed by atoms with van der Waals surface area (Å²) in [5.74, 6) is 0.0972. The van der Waals surface area contributed by atoms with Crippen molar-refractivity contribution in [2.24, 2.45) is 5.92 Å². The van der Waals surface area contributed by atoms with E-state index in [2.05, 4.69) is 12.7 Å². The number of carboxylic acids is 1. The van der Waals surface area contributed by atoms with Gasteiger partial charge in [0, 0.05) is 6.08 Å². The Balaban J connectivity index is 0.000000130. The maximum atomic E-state index is 9.25. The fourth-order valence-electron chi connectivity index (χ4n) is 1.68. The van der Waals surface area contributed by atoms with E-state index < -0.39 is 5.97 Å². The lowest BCUT2D eigenvalue weighted by molar-refractivity contribution is -0.131. The molecule has 2 aliphatic rings. The highest BCUT2D eigenvalue weighted by Crippen LogP contribution is 2.38. The average Bonchev–Trinajstić information content (AvgIpc) is 2.67. The minimum Gasteiger partial charge on any atom is -0.478 e. The third kappa shape index (κ3) is 2.53. The number of hydrogen-bond acceptors (Lipinski definition) is 1. The van der Waals surface area contributed by atoms with Crippen molar-refractivity contribution in [3.63, 3.8) is 0 Å². The van der Waals surface area contributed by atoms with Gasteiger partial charge in [0.05, 0.1) is 0 Å². The van der Waals surface area contributed by atoms with Gasteiger partial charge in [-0.25, -0.2) is 4.79 Å². The third-order valence-electron chi connectivity index (χ3n) is 2.34. The van der Waals surface area contributed by atoms with E-state index in [-0.39, 0.29) is 0 Å². The molecule has 0 saturated heterocycles. The second-order valence-corrected chi connectivity index (χ2v) is 3.25. The molecule has 0 amide bonds. The number of allylic oxidation sites excluding steroid dienone is 2. The van der Waals surface area contributed by atoms with Crippen molar-refractivity contribution in [2.75, 3.05) is 0 Å². The average molecular weight is 166 g/mol. The van der Waals surface area contributed by atoms with Crippen LogP contribution in [0.25, 0.3) is 0 Å². The van der Waals surface area contributed by atoms with Crippen LogP contribution >= 0.6 is 0 Å². The zero-order valence-corrected chi connectivity index (χ0v) is 7.12. The molecule has 12 heavy (non-hydrogen) atoms. The maximum Gasteiger partial charge on any atom is 0.327 e. The van der Waals surface area contributed by atoms with Crippen molar-refractivity contribution in [1.82, 2.24) is 0 Å². The van der Waals surface area contributed by atoms with E-state index in [1.807, 2.05) is 0 Å². The highest BCUT2D eigenvalue weighted by molar-refractivity contribution is 5.78. The number of rotatable bonds is 1. The molecule has 1 saturated carbocycles. The summed E-state index contributed by atoms with van der Waals surface area (Å²) in [6.45, 7) is 2.96. The molecule has 0 aromatic rings. The molecule has 66 valence electrons. The summed E-state index contributed by atoms with van der Waals surface area (Å²) in [4.78, 5) is 9.25.